The predicted octanol–water partition coefficient (Wildman–Crippen LogP) is 6.77. The molecule has 7 nitrogen and oxygen atoms in total. The van der Waals surface area contributed by atoms with Gasteiger partial charge in [-0.05, 0) is 84.5 Å². The number of rotatable bonds is 9. The fraction of sp³-hybridized carbons (Fsp3) is 0.323. The Balaban J connectivity index is 1.33. The summed E-state index contributed by atoms with van der Waals surface area (Å²) in [6, 6.07) is 19.0. The summed E-state index contributed by atoms with van der Waals surface area (Å²) in [5.41, 5.74) is 4.56. The number of hydrogen-bond donors (Lipinski definition) is 1. The molecule has 1 aliphatic rings. The summed E-state index contributed by atoms with van der Waals surface area (Å²) in [5.74, 6) is 0.00280. The molecule has 0 bridgehead atoms. The average Bonchev–Trinajstić information content (AvgIpc) is 3.30. The third-order valence-corrected chi connectivity index (χ3v) is 7.19. The van der Waals surface area contributed by atoms with Crippen LogP contribution in [0.2, 0.25) is 0 Å². The zero-order chi connectivity index (χ0) is 28.1. The minimum Gasteiger partial charge on any atom is -0.457 e. The normalized spacial score (nSPS) is 15.0. The lowest BCUT2D eigenvalue weighted by Gasteiger charge is -2.18. The number of ether oxygens (including phenoxy) is 2. The van der Waals surface area contributed by atoms with Gasteiger partial charge in [-0.25, -0.2) is 0 Å². The highest BCUT2D eigenvalue weighted by molar-refractivity contribution is 9.10. The van der Waals surface area contributed by atoms with Crippen molar-refractivity contribution in [2.24, 2.45) is 5.92 Å². The number of nitrogens with zero attached hydrogens (tertiary/aromatic N) is 1. The second kappa shape index (κ2) is 12.5. The highest BCUT2D eigenvalue weighted by Gasteiger charge is 2.36. The van der Waals surface area contributed by atoms with Crippen LogP contribution >= 0.6 is 15.9 Å². The molecule has 0 aliphatic carbocycles. The van der Waals surface area contributed by atoms with Gasteiger partial charge in [0, 0.05) is 28.8 Å². The predicted molar refractivity (Wildman–Crippen MR) is 155 cm³/mol. The molecule has 0 aromatic heterocycles. The lowest BCUT2D eigenvalue weighted by Crippen LogP contribution is -2.28. The molecule has 4 rings (SSSR count). The van der Waals surface area contributed by atoms with E-state index >= 15 is 0 Å². The van der Waals surface area contributed by atoms with Crippen molar-refractivity contribution in [1.82, 2.24) is 0 Å². The summed E-state index contributed by atoms with van der Waals surface area (Å²) in [6.45, 7) is 8.05. The topological polar surface area (TPSA) is 84.9 Å². The molecule has 39 heavy (non-hydrogen) atoms. The number of amides is 2. The molecule has 0 spiro atoms. The van der Waals surface area contributed by atoms with E-state index in [1.165, 1.54) is 0 Å². The first-order valence-electron chi connectivity index (χ1n) is 13.1. The molecule has 0 saturated carbocycles. The van der Waals surface area contributed by atoms with E-state index in [4.69, 9.17) is 9.47 Å². The van der Waals surface area contributed by atoms with Gasteiger partial charge in [-0.3, -0.25) is 14.4 Å². The Kier molecular flexibility index (Phi) is 9.07. The van der Waals surface area contributed by atoms with Crippen LogP contribution in [0.3, 0.4) is 0 Å². The number of halogens is 1. The van der Waals surface area contributed by atoms with E-state index in [0.29, 0.717) is 23.0 Å². The van der Waals surface area contributed by atoms with E-state index in [2.05, 4.69) is 47.2 Å². The van der Waals surface area contributed by atoms with Crippen molar-refractivity contribution in [3.8, 4) is 11.5 Å². The second-order valence-corrected chi connectivity index (χ2v) is 10.9. The standard InChI is InChI=1S/C31H33BrN2O5/c1-5-21-15-23(32)7-13-27(21)33-29(35)18-38-31(37)22-16-30(36)34(17-22)24-8-10-25(11-9-24)39-28-14-20(4)6-12-26(28)19(2)3/h6-15,19,22H,5,16-18H2,1-4H3,(H,33,35)/t22-/m0/s1. The van der Waals surface area contributed by atoms with Crippen LogP contribution in [-0.4, -0.2) is 30.9 Å². The summed E-state index contributed by atoms with van der Waals surface area (Å²) in [7, 11) is 0. The van der Waals surface area contributed by atoms with Gasteiger partial charge in [0.2, 0.25) is 5.91 Å². The summed E-state index contributed by atoms with van der Waals surface area (Å²) in [6.07, 6.45) is 0.777. The molecule has 204 valence electrons. The zero-order valence-electron chi connectivity index (χ0n) is 22.6. The van der Waals surface area contributed by atoms with Gasteiger partial charge in [0.25, 0.3) is 5.91 Å². The number of anilines is 2. The summed E-state index contributed by atoms with van der Waals surface area (Å²) < 4.78 is 12.3. The van der Waals surface area contributed by atoms with Crippen molar-refractivity contribution >= 4 is 45.1 Å². The first-order valence-corrected chi connectivity index (χ1v) is 13.9. The van der Waals surface area contributed by atoms with E-state index in [9.17, 15) is 14.4 Å². The number of carbonyl (C=O) groups is 3. The van der Waals surface area contributed by atoms with E-state index < -0.39 is 24.4 Å². The lowest BCUT2D eigenvalue weighted by atomic mass is 10.0. The van der Waals surface area contributed by atoms with Crippen molar-refractivity contribution in [3.63, 3.8) is 0 Å². The van der Waals surface area contributed by atoms with Gasteiger partial charge in [0.1, 0.15) is 11.5 Å². The molecular weight excluding hydrogens is 560 g/mol. The van der Waals surface area contributed by atoms with Crippen LogP contribution in [0.4, 0.5) is 11.4 Å². The minimum absolute atomic E-state index is 0.0342. The highest BCUT2D eigenvalue weighted by atomic mass is 79.9. The Morgan fingerprint density at radius 3 is 2.51 bits per heavy atom. The fourth-order valence-electron chi connectivity index (χ4n) is 4.56. The number of esters is 1. The zero-order valence-corrected chi connectivity index (χ0v) is 24.2. The first-order chi connectivity index (χ1) is 18.6. The molecule has 3 aromatic rings. The highest BCUT2D eigenvalue weighted by Crippen LogP contribution is 2.33. The van der Waals surface area contributed by atoms with Crippen LogP contribution < -0.4 is 15.0 Å². The number of hydrogen-bond acceptors (Lipinski definition) is 5. The fourth-order valence-corrected chi connectivity index (χ4v) is 4.97. The Labute approximate surface area is 237 Å². The molecule has 1 N–H and O–H groups in total. The lowest BCUT2D eigenvalue weighted by molar-refractivity contribution is -0.151. The maximum Gasteiger partial charge on any atom is 0.311 e. The van der Waals surface area contributed by atoms with Crippen LogP contribution in [0.25, 0.3) is 0 Å². The quantitative estimate of drug-likeness (QED) is 0.277. The number of carbonyl (C=O) groups excluding carboxylic acids is 3. The van der Waals surface area contributed by atoms with E-state index in [-0.39, 0.29) is 18.9 Å². The molecule has 1 heterocycles. The maximum absolute atomic E-state index is 12.7. The molecule has 0 radical (unpaired) electrons. The minimum atomic E-state index is -0.638. The van der Waals surface area contributed by atoms with E-state index in [0.717, 1.165) is 33.3 Å². The molecule has 1 saturated heterocycles. The van der Waals surface area contributed by atoms with Crippen molar-refractivity contribution in [2.45, 2.75) is 46.5 Å². The molecule has 2 amide bonds. The first kappa shape index (κ1) is 28.4. The Morgan fingerprint density at radius 1 is 1.08 bits per heavy atom. The second-order valence-electron chi connectivity index (χ2n) is 10.0. The smallest absolute Gasteiger partial charge is 0.311 e. The van der Waals surface area contributed by atoms with Crippen LogP contribution in [0.5, 0.6) is 11.5 Å². The van der Waals surface area contributed by atoms with Gasteiger partial charge in [0.15, 0.2) is 6.61 Å². The Morgan fingerprint density at radius 2 is 1.82 bits per heavy atom. The van der Waals surface area contributed by atoms with Crippen LogP contribution in [-0.2, 0) is 25.5 Å². The Hall–Kier alpha value is -3.65. The maximum atomic E-state index is 12.7. The average molecular weight is 594 g/mol. The molecule has 8 heteroatoms. The molecular formula is C31H33BrN2O5. The van der Waals surface area contributed by atoms with E-state index in [1.807, 2.05) is 56.3 Å². The number of benzene rings is 3. The Bertz CT molecular complexity index is 1370. The van der Waals surface area contributed by atoms with Crippen LogP contribution in [0, 0.1) is 12.8 Å². The van der Waals surface area contributed by atoms with Crippen LogP contribution in [0.1, 0.15) is 49.8 Å². The molecule has 1 aliphatic heterocycles. The van der Waals surface area contributed by atoms with Gasteiger partial charge in [-0.2, -0.15) is 0 Å². The largest absolute Gasteiger partial charge is 0.457 e. The van der Waals surface area contributed by atoms with Crippen molar-refractivity contribution in [2.75, 3.05) is 23.4 Å². The third-order valence-electron chi connectivity index (χ3n) is 6.69. The van der Waals surface area contributed by atoms with Crippen LogP contribution in [0.15, 0.2) is 65.1 Å². The van der Waals surface area contributed by atoms with Gasteiger partial charge >= 0.3 is 5.97 Å². The summed E-state index contributed by atoms with van der Waals surface area (Å²) >= 11 is 3.42. The summed E-state index contributed by atoms with van der Waals surface area (Å²) in [5, 5.41) is 2.79. The van der Waals surface area contributed by atoms with Gasteiger partial charge in [-0.1, -0.05) is 48.8 Å². The molecule has 3 aromatic carbocycles. The third kappa shape index (κ3) is 7.06. The van der Waals surface area contributed by atoms with Crippen molar-refractivity contribution in [1.29, 1.82) is 0 Å². The van der Waals surface area contributed by atoms with Crippen molar-refractivity contribution in [3.05, 3.63) is 81.8 Å². The molecule has 1 fully saturated rings. The molecule has 0 unspecified atom stereocenters. The van der Waals surface area contributed by atoms with Gasteiger partial charge in [-0.15, -0.1) is 0 Å². The van der Waals surface area contributed by atoms with Gasteiger partial charge < -0.3 is 19.7 Å². The van der Waals surface area contributed by atoms with E-state index in [1.54, 1.807) is 11.0 Å². The SMILES string of the molecule is CCc1cc(Br)ccc1NC(=O)COC(=O)[C@H]1CC(=O)N(c2ccc(Oc3cc(C)ccc3C(C)C)cc2)C1. The summed E-state index contributed by atoms with van der Waals surface area (Å²) in [4.78, 5) is 39.3. The van der Waals surface area contributed by atoms with Crippen molar-refractivity contribution < 1.29 is 23.9 Å². The number of aryl methyl sites for hydroxylation is 2. The molecule has 1 atom stereocenters. The van der Waals surface area contributed by atoms with Gasteiger partial charge in [0.05, 0.1) is 5.92 Å². The number of nitrogens with one attached hydrogen (secondary N) is 1. The monoisotopic (exact) mass is 592 g/mol.